The van der Waals surface area contributed by atoms with Crippen molar-refractivity contribution in [2.24, 2.45) is 5.41 Å². The van der Waals surface area contributed by atoms with E-state index in [0.717, 1.165) is 10.9 Å². The van der Waals surface area contributed by atoms with Gasteiger partial charge in [0.25, 0.3) is 0 Å². The van der Waals surface area contributed by atoms with Crippen LogP contribution < -0.4 is 10.7 Å². The standard InChI is InChI=1S/C22H21NO6S/c1-22(2,3)21(27)23-11-13-8-9-19(30-13)16(25)12-28-20(26)18-10-15(24)14-6-4-5-7-17(14)29-18/h4-10H,11-12H2,1-3H3,(H,23,27). The maximum atomic E-state index is 12.3. The van der Waals surface area contributed by atoms with Crippen LogP contribution in [-0.2, 0) is 16.1 Å². The number of benzene rings is 1. The van der Waals surface area contributed by atoms with E-state index < -0.39 is 18.0 Å². The number of amides is 1. The van der Waals surface area contributed by atoms with Gasteiger partial charge >= 0.3 is 5.97 Å². The number of ether oxygens (including phenoxy) is 1. The van der Waals surface area contributed by atoms with Crippen molar-refractivity contribution in [3.8, 4) is 0 Å². The first-order valence-corrected chi connectivity index (χ1v) is 10.1. The number of rotatable bonds is 6. The third kappa shape index (κ3) is 5.01. The lowest BCUT2D eigenvalue weighted by Gasteiger charge is -2.17. The Morgan fingerprint density at radius 2 is 1.83 bits per heavy atom. The van der Waals surface area contributed by atoms with E-state index in [-0.39, 0.29) is 28.5 Å². The second kappa shape index (κ2) is 8.62. The number of ketones is 1. The number of Topliss-reactive ketones (excluding diaryl/α,β-unsaturated/α-hetero) is 1. The van der Waals surface area contributed by atoms with Crippen LogP contribution in [-0.4, -0.2) is 24.3 Å². The van der Waals surface area contributed by atoms with E-state index in [1.165, 1.54) is 11.3 Å². The van der Waals surface area contributed by atoms with E-state index in [4.69, 9.17) is 9.15 Å². The highest BCUT2D eigenvalue weighted by molar-refractivity contribution is 7.14. The summed E-state index contributed by atoms with van der Waals surface area (Å²) in [5.74, 6) is -1.62. The Kier molecular flexibility index (Phi) is 6.17. The van der Waals surface area contributed by atoms with Gasteiger partial charge in [-0.05, 0) is 24.3 Å². The molecule has 0 radical (unpaired) electrons. The van der Waals surface area contributed by atoms with Crippen molar-refractivity contribution in [3.63, 3.8) is 0 Å². The molecule has 3 rings (SSSR count). The molecule has 1 aromatic carbocycles. The Hall–Kier alpha value is -3.26. The Morgan fingerprint density at radius 3 is 2.57 bits per heavy atom. The number of hydrogen-bond acceptors (Lipinski definition) is 7. The fourth-order valence-electron chi connectivity index (χ4n) is 2.53. The molecule has 8 heteroatoms. The first kappa shape index (κ1) is 21.4. The summed E-state index contributed by atoms with van der Waals surface area (Å²) in [6, 6.07) is 11.0. The molecule has 2 heterocycles. The molecule has 2 aromatic heterocycles. The first-order valence-electron chi connectivity index (χ1n) is 9.25. The summed E-state index contributed by atoms with van der Waals surface area (Å²) in [5, 5.41) is 3.17. The Bertz CT molecular complexity index is 1170. The van der Waals surface area contributed by atoms with E-state index in [1.54, 1.807) is 36.4 Å². The number of para-hydroxylation sites is 1. The number of carbonyl (C=O) groups is 3. The van der Waals surface area contributed by atoms with Gasteiger partial charge in [-0.25, -0.2) is 4.79 Å². The SMILES string of the molecule is CC(C)(C)C(=O)NCc1ccc(C(=O)COC(=O)c2cc(=O)c3ccccc3o2)s1. The lowest BCUT2D eigenvalue weighted by Crippen LogP contribution is -2.34. The van der Waals surface area contributed by atoms with E-state index in [0.29, 0.717) is 16.8 Å². The molecule has 0 spiro atoms. The van der Waals surface area contributed by atoms with Gasteiger partial charge in [-0.3, -0.25) is 14.4 Å². The summed E-state index contributed by atoms with van der Waals surface area (Å²) < 4.78 is 10.4. The molecular weight excluding hydrogens is 406 g/mol. The van der Waals surface area contributed by atoms with Gasteiger partial charge in [-0.2, -0.15) is 0 Å². The fourth-order valence-corrected chi connectivity index (χ4v) is 3.40. The molecule has 1 N–H and O–H groups in total. The average Bonchev–Trinajstić information content (AvgIpc) is 3.18. The number of carbonyl (C=O) groups excluding carboxylic acids is 3. The molecule has 0 aliphatic rings. The molecule has 1 amide bonds. The van der Waals surface area contributed by atoms with Gasteiger partial charge in [0.2, 0.25) is 17.5 Å². The van der Waals surface area contributed by atoms with Gasteiger partial charge in [-0.1, -0.05) is 32.9 Å². The van der Waals surface area contributed by atoms with Crippen LogP contribution in [0.2, 0.25) is 0 Å². The zero-order valence-electron chi connectivity index (χ0n) is 16.8. The highest BCUT2D eigenvalue weighted by atomic mass is 32.1. The quantitative estimate of drug-likeness (QED) is 0.477. The van der Waals surface area contributed by atoms with E-state index in [9.17, 15) is 19.2 Å². The maximum Gasteiger partial charge on any atom is 0.374 e. The van der Waals surface area contributed by atoms with Gasteiger partial charge in [0.05, 0.1) is 16.8 Å². The zero-order chi connectivity index (χ0) is 21.9. The second-order valence-corrected chi connectivity index (χ2v) is 8.84. The second-order valence-electron chi connectivity index (χ2n) is 7.67. The summed E-state index contributed by atoms with van der Waals surface area (Å²) in [6.07, 6.45) is 0. The minimum absolute atomic E-state index is 0.0883. The first-order chi connectivity index (χ1) is 14.1. The zero-order valence-corrected chi connectivity index (χ0v) is 17.6. The summed E-state index contributed by atoms with van der Waals surface area (Å²) in [7, 11) is 0. The smallest absolute Gasteiger partial charge is 0.374 e. The van der Waals surface area contributed by atoms with Gasteiger partial charge in [0.1, 0.15) is 5.58 Å². The summed E-state index contributed by atoms with van der Waals surface area (Å²) in [5.41, 5.74) is -0.596. The van der Waals surface area contributed by atoms with Crippen LogP contribution in [0.3, 0.4) is 0 Å². The molecule has 0 bridgehead atoms. The van der Waals surface area contributed by atoms with Crippen molar-refractivity contribution in [2.75, 3.05) is 6.61 Å². The van der Waals surface area contributed by atoms with Gasteiger partial charge < -0.3 is 14.5 Å². The molecular formula is C22H21NO6S. The molecule has 0 fully saturated rings. The van der Waals surface area contributed by atoms with Gasteiger partial charge in [-0.15, -0.1) is 11.3 Å². The van der Waals surface area contributed by atoms with E-state index >= 15 is 0 Å². The minimum atomic E-state index is -0.888. The highest BCUT2D eigenvalue weighted by Crippen LogP contribution is 2.19. The fraction of sp³-hybridized carbons (Fsp3) is 0.273. The third-order valence-electron chi connectivity index (χ3n) is 4.21. The molecule has 30 heavy (non-hydrogen) atoms. The van der Waals surface area contributed by atoms with Crippen molar-refractivity contribution in [1.29, 1.82) is 0 Å². The molecule has 7 nitrogen and oxygen atoms in total. The molecule has 0 atom stereocenters. The highest BCUT2D eigenvalue weighted by Gasteiger charge is 2.21. The lowest BCUT2D eigenvalue weighted by molar-refractivity contribution is -0.128. The molecule has 3 aromatic rings. The molecule has 0 aliphatic carbocycles. The van der Waals surface area contributed by atoms with Crippen LogP contribution in [0.25, 0.3) is 11.0 Å². The van der Waals surface area contributed by atoms with Crippen LogP contribution in [0.1, 0.15) is 45.9 Å². The van der Waals surface area contributed by atoms with Crippen LogP contribution >= 0.6 is 11.3 Å². The largest absolute Gasteiger partial charge is 0.451 e. The van der Waals surface area contributed by atoms with Crippen LogP contribution in [0.4, 0.5) is 0 Å². The van der Waals surface area contributed by atoms with E-state index in [2.05, 4.69) is 5.32 Å². The predicted octanol–water partition coefficient (Wildman–Crippen LogP) is 3.56. The number of fused-ring (bicyclic) bond motifs is 1. The molecule has 0 saturated carbocycles. The molecule has 156 valence electrons. The van der Waals surface area contributed by atoms with Crippen molar-refractivity contribution in [3.05, 3.63) is 68.2 Å². The molecule has 0 unspecified atom stereocenters. The lowest BCUT2D eigenvalue weighted by atomic mass is 9.96. The predicted molar refractivity (Wildman–Crippen MR) is 113 cm³/mol. The van der Waals surface area contributed by atoms with Crippen LogP contribution in [0.15, 0.2) is 51.7 Å². The number of nitrogens with one attached hydrogen (secondary N) is 1. The van der Waals surface area contributed by atoms with Crippen molar-refractivity contribution in [2.45, 2.75) is 27.3 Å². The summed E-state index contributed by atoms with van der Waals surface area (Å²) in [4.78, 5) is 49.7. The maximum absolute atomic E-state index is 12.3. The topological polar surface area (TPSA) is 103 Å². The van der Waals surface area contributed by atoms with Crippen molar-refractivity contribution in [1.82, 2.24) is 5.32 Å². The summed E-state index contributed by atoms with van der Waals surface area (Å²) >= 11 is 1.22. The van der Waals surface area contributed by atoms with Crippen molar-refractivity contribution < 1.29 is 23.5 Å². The average molecular weight is 427 g/mol. The van der Waals surface area contributed by atoms with Crippen LogP contribution in [0.5, 0.6) is 0 Å². The van der Waals surface area contributed by atoms with Crippen LogP contribution in [0, 0.1) is 5.41 Å². The van der Waals surface area contributed by atoms with Crippen molar-refractivity contribution >= 4 is 40.0 Å². The van der Waals surface area contributed by atoms with E-state index in [1.807, 2.05) is 20.8 Å². The van der Waals surface area contributed by atoms with Gasteiger partial charge in [0.15, 0.2) is 12.0 Å². The molecule has 0 aliphatic heterocycles. The number of hydrogen-bond donors (Lipinski definition) is 1. The summed E-state index contributed by atoms with van der Waals surface area (Å²) in [6.45, 7) is 5.28. The number of esters is 1. The van der Waals surface area contributed by atoms with Gasteiger partial charge in [0, 0.05) is 16.4 Å². The minimum Gasteiger partial charge on any atom is -0.451 e. The third-order valence-corrected chi connectivity index (χ3v) is 5.34. The monoisotopic (exact) mass is 427 g/mol. The number of thiophene rings is 1. The molecule has 0 saturated heterocycles. The Labute approximate surface area is 176 Å². The Balaban J connectivity index is 1.59. The Morgan fingerprint density at radius 1 is 1.10 bits per heavy atom. The normalized spacial score (nSPS) is 11.3.